The summed E-state index contributed by atoms with van der Waals surface area (Å²) in [5, 5.41) is 0. The van der Waals surface area contributed by atoms with E-state index in [0.29, 0.717) is 0 Å². The topological polar surface area (TPSA) is 24.7 Å². The summed E-state index contributed by atoms with van der Waals surface area (Å²) in [5.41, 5.74) is 10.1. The molecular formula is C35H53N2Ni-. The molecule has 0 N–H and O–H groups in total. The van der Waals surface area contributed by atoms with Gasteiger partial charge in [-0.1, -0.05) is 107 Å². The van der Waals surface area contributed by atoms with Crippen molar-refractivity contribution in [3.8, 4) is 0 Å². The number of hydrogen-bond donors (Lipinski definition) is 0. The Bertz CT molecular complexity index is 1060. The third kappa shape index (κ3) is 8.38. The first-order valence-electron chi connectivity index (χ1n) is 13.8. The number of hydrogen-bond acceptors (Lipinski definition) is 2. The maximum Gasteiger partial charge on any atom is 0.0674 e. The van der Waals surface area contributed by atoms with E-state index in [1.807, 2.05) is 0 Å². The summed E-state index contributed by atoms with van der Waals surface area (Å²) in [6.45, 7) is 27.4. The van der Waals surface area contributed by atoms with Crippen LogP contribution in [0, 0.1) is 7.43 Å². The van der Waals surface area contributed by atoms with Crippen molar-refractivity contribution in [1.29, 1.82) is 0 Å². The van der Waals surface area contributed by atoms with E-state index in [1.165, 1.54) is 46.5 Å². The summed E-state index contributed by atoms with van der Waals surface area (Å²) in [7, 11) is 0. The Morgan fingerprint density at radius 2 is 0.816 bits per heavy atom. The van der Waals surface area contributed by atoms with Crippen LogP contribution in [0.1, 0.15) is 131 Å². The summed E-state index contributed by atoms with van der Waals surface area (Å²) in [5.74, 6) is 0. The van der Waals surface area contributed by atoms with E-state index >= 15 is 0 Å². The van der Waals surface area contributed by atoms with Crippen molar-refractivity contribution in [2.24, 2.45) is 9.98 Å². The van der Waals surface area contributed by atoms with Gasteiger partial charge in [0.1, 0.15) is 0 Å². The molecule has 0 amide bonds. The van der Waals surface area contributed by atoms with E-state index in [4.69, 9.17) is 9.98 Å². The minimum atomic E-state index is 0. The molecule has 0 aromatic heterocycles. The zero-order chi connectivity index (χ0) is 27.1. The second-order valence-electron chi connectivity index (χ2n) is 14.8. The van der Waals surface area contributed by atoms with E-state index in [2.05, 4.69) is 119 Å². The molecule has 2 nitrogen and oxygen atoms in total. The number of rotatable bonds is 2. The quantitative estimate of drug-likeness (QED) is 0.258. The zero-order valence-electron chi connectivity index (χ0n) is 26.5. The van der Waals surface area contributed by atoms with Crippen molar-refractivity contribution in [1.82, 2.24) is 0 Å². The number of benzene rings is 2. The first kappa shape index (κ1) is 34.3. The Morgan fingerprint density at radius 1 is 0.500 bits per heavy atom. The fraction of sp³-hybridized carbons (Fsp3) is 0.571. The molecule has 214 valence electrons. The molecule has 0 aliphatic heterocycles. The molecule has 1 fully saturated rings. The minimum Gasteiger partial charge on any atom is -0.358 e. The number of aliphatic imine (C=N–C) groups is 2. The molecule has 1 aliphatic carbocycles. The molecule has 3 rings (SSSR count). The van der Waals surface area contributed by atoms with Gasteiger partial charge in [-0.25, -0.2) is 0 Å². The van der Waals surface area contributed by atoms with Crippen molar-refractivity contribution in [2.75, 3.05) is 0 Å². The molecule has 2 aromatic carbocycles. The van der Waals surface area contributed by atoms with Gasteiger partial charge in [-0.3, -0.25) is 9.98 Å². The van der Waals surface area contributed by atoms with E-state index in [-0.39, 0.29) is 45.6 Å². The smallest absolute Gasteiger partial charge is 0.0674 e. The van der Waals surface area contributed by atoms with Gasteiger partial charge in [0.15, 0.2) is 0 Å². The molecule has 0 radical (unpaired) electrons. The van der Waals surface area contributed by atoms with Gasteiger partial charge in [0.25, 0.3) is 0 Å². The summed E-state index contributed by atoms with van der Waals surface area (Å²) >= 11 is 0. The molecule has 2 aromatic rings. The molecule has 0 bridgehead atoms. The molecule has 0 saturated heterocycles. The second kappa shape index (κ2) is 12.2. The van der Waals surface area contributed by atoms with Crippen LogP contribution < -0.4 is 0 Å². The molecule has 0 atom stereocenters. The molecule has 1 saturated carbocycles. The monoisotopic (exact) mass is 559 g/mol. The summed E-state index contributed by atoms with van der Waals surface area (Å²) in [6, 6.07) is 13.8. The van der Waals surface area contributed by atoms with E-state index in [9.17, 15) is 0 Å². The average molecular weight is 561 g/mol. The van der Waals surface area contributed by atoms with Crippen LogP contribution in [-0.4, -0.2) is 11.4 Å². The molecular weight excluding hydrogens is 507 g/mol. The van der Waals surface area contributed by atoms with Crippen LogP contribution in [0.3, 0.4) is 0 Å². The molecule has 0 spiro atoms. The third-order valence-electron chi connectivity index (χ3n) is 7.26. The molecule has 38 heavy (non-hydrogen) atoms. The molecule has 0 unspecified atom stereocenters. The Balaban J connectivity index is 0.00000361. The van der Waals surface area contributed by atoms with Crippen LogP contribution in [0.2, 0.25) is 0 Å². The predicted octanol–water partition coefficient (Wildman–Crippen LogP) is 10.7. The Hall–Kier alpha value is -1.73. The fourth-order valence-corrected chi connectivity index (χ4v) is 4.85. The van der Waals surface area contributed by atoms with Gasteiger partial charge in [-0.15, -0.1) is 0 Å². The largest absolute Gasteiger partial charge is 0.358 e. The van der Waals surface area contributed by atoms with Crippen molar-refractivity contribution in [2.45, 2.75) is 130 Å². The first-order valence-corrected chi connectivity index (χ1v) is 13.8. The van der Waals surface area contributed by atoms with E-state index < -0.39 is 0 Å². The van der Waals surface area contributed by atoms with Gasteiger partial charge in [0.05, 0.1) is 22.8 Å². The standard InChI is InChI=1S/C34H50N2.CH3.Ni/c1-31(2,3)23-17-19-25(33(7,8)9)29(21-23)35-27-15-13-14-16-28(27)36-30-22-24(32(4,5)6)18-20-26(30)34(10,11)12;;/h17-22H,13-16H2,1-12H3;1H3;/q;-1;. The summed E-state index contributed by atoms with van der Waals surface area (Å²) in [6.07, 6.45) is 4.34. The SMILES string of the molecule is CC(C)(C)c1ccc(C(C)(C)C)c(N=C2CCCCC2=Nc2cc(C(C)(C)C)ccc2C(C)(C)C)c1.[CH3-].[Ni]. The Labute approximate surface area is 245 Å². The molecule has 3 heteroatoms. The molecule has 0 heterocycles. The Kier molecular flexibility index (Phi) is 11.0. The minimum absolute atomic E-state index is 0. The van der Waals surface area contributed by atoms with Gasteiger partial charge in [0.2, 0.25) is 0 Å². The summed E-state index contributed by atoms with van der Waals surface area (Å²) in [4.78, 5) is 10.8. The van der Waals surface area contributed by atoms with E-state index in [1.54, 1.807) is 0 Å². The van der Waals surface area contributed by atoms with Crippen LogP contribution in [0.5, 0.6) is 0 Å². The Morgan fingerprint density at radius 3 is 1.08 bits per heavy atom. The predicted molar refractivity (Wildman–Crippen MR) is 167 cm³/mol. The van der Waals surface area contributed by atoms with Crippen LogP contribution >= 0.6 is 0 Å². The van der Waals surface area contributed by atoms with Crippen LogP contribution in [0.25, 0.3) is 0 Å². The van der Waals surface area contributed by atoms with Crippen LogP contribution in [-0.2, 0) is 38.2 Å². The fourth-order valence-electron chi connectivity index (χ4n) is 4.85. The van der Waals surface area contributed by atoms with Gasteiger partial charge >= 0.3 is 0 Å². The van der Waals surface area contributed by atoms with Crippen LogP contribution in [0.15, 0.2) is 46.4 Å². The molecule has 1 aliphatic rings. The van der Waals surface area contributed by atoms with Crippen LogP contribution in [0.4, 0.5) is 11.4 Å². The summed E-state index contributed by atoms with van der Waals surface area (Å²) < 4.78 is 0. The maximum atomic E-state index is 5.39. The number of nitrogens with zero attached hydrogens (tertiary/aromatic N) is 2. The van der Waals surface area contributed by atoms with Gasteiger partial charge < -0.3 is 7.43 Å². The van der Waals surface area contributed by atoms with E-state index in [0.717, 1.165) is 24.2 Å². The maximum absolute atomic E-state index is 5.39. The normalized spacial score (nSPS) is 17.3. The van der Waals surface area contributed by atoms with Crippen molar-refractivity contribution < 1.29 is 16.5 Å². The second-order valence-corrected chi connectivity index (χ2v) is 14.8. The van der Waals surface area contributed by atoms with Crippen molar-refractivity contribution >= 4 is 22.8 Å². The van der Waals surface area contributed by atoms with Gasteiger partial charge in [-0.05, 0) is 81.7 Å². The van der Waals surface area contributed by atoms with Crippen molar-refractivity contribution in [3.63, 3.8) is 0 Å². The van der Waals surface area contributed by atoms with Gasteiger partial charge in [-0.2, -0.15) is 0 Å². The zero-order valence-corrected chi connectivity index (χ0v) is 27.5. The van der Waals surface area contributed by atoms with Gasteiger partial charge in [0, 0.05) is 16.5 Å². The third-order valence-corrected chi connectivity index (χ3v) is 7.26. The average Bonchev–Trinajstić information content (AvgIpc) is 2.72. The van der Waals surface area contributed by atoms with Crippen molar-refractivity contribution in [3.05, 3.63) is 66.1 Å². The first-order chi connectivity index (χ1) is 16.4.